The molecule has 1 N–H and O–H groups in total. The van der Waals surface area contributed by atoms with Crippen molar-refractivity contribution in [2.45, 2.75) is 39.7 Å². The highest BCUT2D eigenvalue weighted by Crippen LogP contribution is 2.27. The van der Waals surface area contributed by atoms with Gasteiger partial charge in [0.05, 0.1) is 6.20 Å². The van der Waals surface area contributed by atoms with E-state index in [0.717, 1.165) is 38.0 Å². The quantitative estimate of drug-likeness (QED) is 0.858. The van der Waals surface area contributed by atoms with Crippen LogP contribution in [-0.2, 0) is 17.8 Å². The molecule has 1 atom stereocenters. The van der Waals surface area contributed by atoms with Crippen LogP contribution in [0.2, 0.25) is 0 Å². The molecule has 0 aliphatic carbocycles. The van der Waals surface area contributed by atoms with Crippen molar-refractivity contribution >= 4 is 5.78 Å². The van der Waals surface area contributed by atoms with Crippen LogP contribution in [-0.4, -0.2) is 28.7 Å². The van der Waals surface area contributed by atoms with Crippen LogP contribution in [0.15, 0.2) is 12.4 Å². The van der Waals surface area contributed by atoms with Crippen LogP contribution in [0.4, 0.5) is 0 Å². The van der Waals surface area contributed by atoms with Gasteiger partial charge in [-0.15, -0.1) is 0 Å². The molecule has 0 bridgehead atoms. The molecule has 2 rings (SSSR count). The Morgan fingerprint density at radius 2 is 2.47 bits per heavy atom. The van der Waals surface area contributed by atoms with Crippen LogP contribution >= 0.6 is 0 Å². The van der Waals surface area contributed by atoms with Gasteiger partial charge in [0.15, 0.2) is 0 Å². The minimum Gasteiger partial charge on any atom is -0.316 e. The van der Waals surface area contributed by atoms with Crippen molar-refractivity contribution in [2.75, 3.05) is 13.1 Å². The molecule has 0 spiro atoms. The maximum absolute atomic E-state index is 12.3. The lowest BCUT2D eigenvalue weighted by atomic mass is 9.77. The van der Waals surface area contributed by atoms with Crippen molar-refractivity contribution in [3.05, 3.63) is 18.0 Å². The van der Waals surface area contributed by atoms with E-state index in [1.807, 2.05) is 17.8 Å². The van der Waals surface area contributed by atoms with E-state index in [1.165, 1.54) is 0 Å². The van der Waals surface area contributed by atoms with Gasteiger partial charge >= 0.3 is 0 Å². The molecule has 1 aromatic heterocycles. The van der Waals surface area contributed by atoms with E-state index in [4.69, 9.17) is 0 Å². The number of carbonyl (C=O) groups is 1. The van der Waals surface area contributed by atoms with Crippen LogP contribution < -0.4 is 5.32 Å². The Bertz CT molecular complexity index is 391. The first-order chi connectivity index (χ1) is 8.14. The summed E-state index contributed by atoms with van der Waals surface area (Å²) in [6.07, 6.45) is 6.38. The lowest BCUT2D eigenvalue weighted by Crippen LogP contribution is -2.44. The Kier molecular flexibility index (Phi) is 3.62. The fourth-order valence-electron chi connectivity index (χ4n) is 2.36. The first-order valence-corrected chi connectivity index (χ1v) is 6.39. The maximum atomic E-state index is 12.3. The molecule has 17 heavy (non-hydrogen) atoms. The van der Waals surface area contributed by atoms with E-state index >= 15 is 0 Å². The third-order valence-corrected chi connectivity index (χ3v) is 3.65. The van der Waals surface area contributed by atoms with Crippen LogP contribution in [0.1, 0.15) is 32.3 Å². The fraction of sp³-hybridized carbons (Fsp3) is 0.692. The number of nitrogens with one attached hydrogen (secondary N) is 1. The molecule has 0 saturated carbocycles. The zero-order chi connectivity index (χ0) is 12.3. The molecular weight excluding hydrogens is 214 g/mol. The number of rotatable bonds is 4. The third-order valence-electron chi connectivity index (χ3n) is 3.65. The summed E-state index contributed by atoms with van der Waals surface area (Å²) in [6, 6.07) is 0. The minimum absolute atomic E-state index is 0.188. The van der Waals surface area contributed by atoms with Gasteiger partial charge in [-0.1, -0.05) is 6.92 Å². The summed E-state index contributed by atoms with van der Waals surface area (Å²) in [5, 5.41) is 7.52. The van der Waals surface area contributed by atoms with Gasteiger partial charge in [-0.3, -0.25) is 9.48 Å². The summed E-state index contributed by atoms with van der Waals surface area (Å²) in [6.45, 7) is 6.83. The summed E-state index contributed by atoms with van der Waals surface area (Å²) < 4.78 is 1.87. The predicted octanol–water partition coefficient (Wildman–Crippen LogP) is 1.40. The van der Waals surface area contributed by atoms with Crippen molar-refractivity contribution in [3.8, 4) is 0 Å². The van der Waals surface area contributed by atoms with Crippen LogP contribution in [0, 0.1) is 5.41 Å². The standard InChI is InChI=1S/C13H21N3O/c1-3-16-9-11(8-15-16)7-12(17)13(2)5-4-6-14-10-13/h8-9,14H,3-7,10H2,1-2H3. The number of hydrogen-bond acceptors (Lipinski definition) is 3. The molecule has 4 heteroatoms. The lowest BCUT2D eigenvalue weighted by Gasteiger charge is -2.32. The molecule has 1 unspecified atom stereocenters. The van der Waals surface area contributed by atoms with E-state index in [1.54, 1.807) is 6.20 Å². The summed E-state index contributed by atoms with van der Waals surface area (Å²) in [4.78, 5) is 12.3. The normalized spacial score (nSPS) is 24.8. The molecule has 1 aliphatic heterocycles. The second-order valence-corrected chi connectivity index (χ2v) is 5.15. The average Bonchev–Trinajstić information content (AvgIpc) is 2.78. The summed E-state index contributed by atoms with van der Waals surface area (Å²) in [5.74, 6) is 0.334. The number of aryl methyl sites for hydroxylation is 1. The topological polar surface area (TPSA) is 46.9 Å². The minimum atomic E-state index is -0.188. The lowest BCUT2D eigenvalue weighted by molar-refractivity contribution is -0.128. The van der Waals surface area contributed by atoms with Crippen LogP contribution in [0.5, 0.6) is 0 Å². The number of hydrogen-bond donors (Lipinski definition) is 1. The molecule has 1 saturated heterocycles. The largest absolute Gasteiger partial charge is 0.316 e. The van der Waals surface area contributed by atoms with E-state index < -0.39 is 0 Å². The van der Waals surface area contributed by atoms with E-state index in [-0.39, 0.29) is 5.41 Å². The molecule has 94 valence electrons. The second kappa shape index (κ2) is 5.00. The van der Waals surface area contributed by atoms with Gasteiger partial charge in [0.2, 0.25) is 0 Å². The number of ketones is 1. The first-order valence-electron chi connectivity index (χ1n) is 6.39. The Hall–Kier alpha value is -1.16. The van der Waals surface area contributed by atoms with Gasteiger partial charge in [0.1, 0.15) is 5.78 Å². The molecule has 4 nitrogen and oxygen atoms in total. The first kappa shape index (κ1) is 12.3. The third kappa shape index (κ3) is 2.75. The number of piperidine rings is 1. The zero-order valence-electron chi connectivity index (χ0n) is 10.7. The SMILES string of the molecule is CCn1cc(CC(=O)C2(C)CCCNC2)cn1. The van der Waals surface area contributed by atoms with E-state index in [2.05, 4.69) is 17.3 Å². The fourth-order valence-corrected chi connectivity index (χ4v) is 2.36. The van der Waals surface area contributed by atoms with Crippen molar-refractivity contribution in [2.24, 2.45) is 5.41 Å². The molecular formula is C13H21N3O. The Morgan fingerprint density at radius 3 is 3.06 bits per heavy atom. The highest BCUT2D eigenvalue weighted by atomic mass is 16.1. The van der Waals surface area contributed by atoms with Crippen molar-refractivity contribution in [1.29, 1.82) is 0 Å². The number of nitrogens with zero attached hydrogens (tertiary/aromatic N) is 2. The summed E-state index contributed by atoms with van der Waals surface area (Å²) >= 11 is 0. The zero-order valence-corrected chi connectivity index (χ0v) is 10.7. The molecule has 2 heterocycles. The molecule has 0 amide bonds. The molecule has 1 fully saturated rings. The number of carbonyl (C=O) groups excluding carboxylic acids is 1. The van der Waals surface area contributed by atoms with E-state index in [9.17, 15) is 4.79 Å². The number of aromatic nitrogens is 2. The van der Waals surface area contributed by atoms with Crippen molar-refractivity contribution in [1.82, 2.24) is 15.1 Å². The summed E-state index contributed by atoms with van der Waals surface area (Å²) in [5.41, 5.74) is 0.843. The van der Waals surface area contributed by atoms with Gasteiger partial charge in [0, 0.05) is 31.1 Å². The van der Waals surface area contributed by atoms with Crippen LogP contribution in [0.3, 0.4) is 0 Å². The van der Waals surface area contributed by atoms with Gasteiger partial charge in [-0.25, -0.2) is 0 Å². The van der Waals surface area contributed by atoms with Gasteiger partial charge in [-0.05, 0) is 31.9 Å². The highest BCUT2D eigenvalue weighted by Gasteiger charge is 2.34. The van der Waals surface area contributed by atoms with Crippen molar-refractivity contribution < 1.29 is 4.79 Å². The van der Waals surface area contributed by atoms with Crippen molar-refractivity contribution in [3.63, 3.8) is 0 Å². The monoisotopic (exact) mass is 235 g/mol. The number of Topliss-reactive ketones (excluding diaryl/α,β-unsaturated/α-hetero) is 1. The molecule has 1 aromatic rings. The Labute approximate surface area is 102 Å². The second-order valence-electron chi connectivity index (χ2n) is 5.15. The Morgan fingerprint density at radius 1 is 1.65 bits per heavy atom. The molecule has 0 radical (unpaired) electrons. The Balaban J connectivity index is 2.00. The van der Waals surface area contributed by atoms with Crippen LogP contribution in [0.25, 0.3) is 0 Å². The maximum Gasteiger partial charge on any atom is 0.144 e. The molecule has 1 aliphatic rings. The smallest absolute Gasteiger partial charge is 0.144 e. The van der Waals surface area contributed by atoms with Gasteiger partial charge in [0.25, 0.3) is 0 Å². The summed E-state index contributed by atoms with van der Waals surface area (Å²) in [7, 11) is 0. The average molecular weight is 235 g/mol. The predicted molar refractivity (Wildman–Crippen MR) is 66.8 cm³/mol. The molecule has 0 aromatic carbocycles. The van der Waals surface area contributed by atoms with Gasteiger partial charge in [-0.2, -0.15) is 5.10 Å². The van der Waals surface area contributed by atoms with E-state index in [0.29, 0.717) is 12.2 Å². The van der Waals surface area contributed by atoms with Gasteiger partial charge < -0.3 is 5.32 Å². The highest BCUT2D eigenvalue weighted by molar-refractivity contribution is 5.86.